The van der Waals surface area contributed by atoms with Crippen molar-refractivity contribution in [2.45, 2.75) is 26.3 Å². The van der Waals surface area contributed by atoms with E-state index in [9.17, 15) is 0 Å². The second-order valence-electron chi connectivity index (χ2n) is 5.47. The Morgan fingerprint density at radius 3 is 2.84 bits per heavy atom. The number of nitrogens with zero attached hydrogens (tertiary/aromatic N) is 3. The van der Waals surface area contributed by atoms with Gasteiger partial charge in [0.05, 0.1) is 5.69 Å². The highest BCUT2D eigenvalue weighted by Crippen LogP contribution is 2.35. The summed E-state index contributed by atoms with van der Waals surface area (Å²) in [5, 5.41) is 4.60. The predicted molar refractivity (Wildman–Crippen MR) is 79.5 cm³/mol. The average molecular weight is 321 g/mol. The summed E-state index contributed by atoms with van der Waals surface area (Å²) in [7, 11) is 0. The molecule has 1 fully saturated rings. The standard InChI is InChI=1S/C14H17BrN4/c1-9-2-10(3-9)8-19-14(16)5-13(18-19)11-4-12(15)7-17-6-11/h4-7,9-10H,2-3,8,16H2,1H3. The molecule has 0 amide bonds. The van der Waals surface area contributed by atoms with Gasteiger partial charge in [0.25, 0.3) is 0 Å². The van der Waals surface area contributed by atoms with E-state index in [1.807, 2.05) is 23.0 Å². The Morgan fingerprint density at radius 2 is 2.16 bits per heavy atom. The molecule has 2 aromatic heterocycles. The van der Waals surface area contributed by atoms with Gasteiger partial charge in [-0.25, -0.2) is 4.68 Å². The minimum Gasteiger partial charge on any atom is -0.384 e. The Kier molecular flexibility index (Phi) is 3.31. The Morgan fingerprint density at radius 1 is 1.37 bits per heavy atom. The van der Waals surface area contributed by atoms with Crippen LogP contribution in [0.3, 0.4) is 0 Å². The summed E-state index contributed by atoms with van der Waals surface area (Å²) in [6.07, 6.45) is 6.14. The number of pyridine rings is 1. The molecule has 2 aromatic rings. The monoisotopic (exact) mass is 320 g/mol. The molecule has 1 aliphatic rings. The molecular weight excluding hydrogens is 304 g/mol. The summed E-state index contributed by atoms with van der Waals surface area (Å²) in [5.41, 5.74) is 7.92. The van der Waals surface area contributed by atoms with Crippen LogP contribution in [0, 0.1) is 11.8 Å². The molecule has 0 atom stereocenters. The Balaban J connectivity index is 1.81. The minimum atomic E-state index is 0.727. The van der Waals surface area contributed by atoms with Crippen molar-refractivity contribution in [3.63, 3.8) is 0 Å². The Hall–Kier alpha value is -1.36. The van der Waals surface area contributed by atoms with Crippen molar-refractivity contribution in [3.05, 3.63) is 29.0 Å². The van der Waals surface area contributed by atoms with Crippen molar-refractivity contribution in [2.75, 3.05) is 5.73 Å². The molecule has 1 aliphatic carbocycles. The van der Waals surface area contributed by atoms with Gasteiger partial charge in [-0.2, -0.15) is 5.10 Å². The fraction of sp³-hybridized carbons (Fsp3) is 0.429. The summed E-state index contributed by atoms with van der Waals surface area (Å²) in [5.74, 6) is 2.32. The molecule has 4 nitrogen and oxygen atoms in total. The van der Waals surface area contributed by atoms with Crippen LogP contribution in [0.1, 0.15) is 19.8 Å². The normalized spacial score (nSPS) is 22.2. The molecule has 0 unspecified atom stereocenters. The zero-order chi connectivity index (χ0) is 13.4. The first kappa shape index (κ1) is 12.7. The molecule has 0 radical (unpaired) electrons. The van der Waals surface area contributed by atoms with Crippen molar-refractivity contribution < 1.29 is 0 Å². The molecule has 0 aliphatic heterocycles. The van der Waals surface area contributed by atoms with Gasteiger partial charge in [-0.1, -0.05) is 6.92 Å². The van der Waals surface area contributed by atoms with Crippen LogP contribution in [0.4, 0.5) is 5.82 Å². The van der Waals surface area contributed by atoms with Gasteiger partial charge in [0.2, 0.25) is 0 Å². The minimum absolute atomic E-state index is 0.727. The van der Waals surface area contributed by atoms with Gasteiger partial charge in [-0.05, 0) is 46.7 Å². The van der Waals surface area contributed by atoms with E-state index in [2.05, 4.69) is 32.9 Å². The SMILES string of the molecule is CC1CC(Cn2nc(-c3cncc(Br)c3)cc2N)C1. The molecule has 0 aromatic carbocycles. The number of rotatable bonds is 3. The summed E-state index contributed by atoms with van der Waals surface area (Å²) in [4.78, 5) is 4.16. The van der Waals surface area contributed by atoms with Crippen LogP contribution in [0.15, 0.2) is 29.0 Å². The van der Waals surface area contributed by atoms with Gasteiger partial charge in [-0.15, -0.1) is 0 Å². The van der Waals surface area contributed by atoms with Crippen molar-refractivity contribution in [1.82, 2.24) is 14.8 Å². The van der Waals surface area contributed by atoms with E-state index in [4.69, 9.17) is 5.73 Å². The Labute approximate surface area is 121 Å². The maximum atomic E-state index is 6.05. The van der Waals surface area contributed by atoms with E-state index < -0.39 is 0 Å². The van der Waals surface area contributed by atoms with Gasteiger partial charge in [-0.3, -0.25) is 4.98 Å². The first-order chi connectivity index (χ1) is 9.11. The fourth-order valence-electron chi connectivity index (χ4n) is 2.73. The number of hydrogen-bond acceptors (Lipinski definition) is 3. The van der Waals surface area contributed by atoms with E-state index in [0.717, 1.165) is 39.9 Å². The maximum absolute atomic E-state index is 6.05. The molecule has 3 rings (SSSR count). The first-order valence-electron chi connectivity index (χ1n) is 6.56. The van der Waals surface area contributed by atoms with Crippen LogP contribution in [-0.2, 0) is 6.54 Å². The zero-order valence-electron chi connectivity index (χ0n) is 10.9. The summed E-state index contributed by atoms with van der Waals surface area (Å²) in [6, 6.07) is 3.93. The lowest BCUT2D eigenvalue weighted by Crippen LogP contribution is -2.26. The molecule has 2 heterocycles. The van der Waals surface area contributed by atoms with Crippen LogP contribution in [0.25, 0.3) is 11.3 Å². The maximum Gasteiger partial charge on any atom is 0.122 e. The number of halogens is 1. The van der Waals surface area contributed by atoms with Gasteiger partial charge in [0.1, 0.15) is 5.82 Å². The highest BCUT2D eigenvalue weighted by Gasteiger charge is 2.26. The molecule has 0 bridgehead atoms. The number of nitrogens with two attached hydrogens (primary N) is 1. The van der Waals surface area contributed by atoms with Crippen molar-refractivity contribution >= 4 is 21.7 Å². The second kappa shape index (κ2) is 4.96. The molecule has 0 saturated heterocycles. The van der Waals surface area contributed by atoms with Gasteiger partial charge in [0, 0.05) is 35.0 Å². The van der Waals surface area contributed by atoms with Crippen LogP contribution < -0.4 is 5.73 Å². The second-order valence-corrected chi connectivity index (χ2v) is 6.39. The summed E-state index contributed by atoms with van der Waals surface area (Å²) < 4.78 is 2.87. The molecule has 0 spiro atoms. The average Bonchev–Trinajstić information content (AvgIpc) is 2.69. The highest BCUT2D eigenvalue weighted by atomic mass is 79.9. The van der Waals surface area contributed by atoms with Crippen molar-refractivity contribution in [1.29, 1.82) is 0 Å². The van der Waals surface area contributed by atoms with E-state index in [-0.39, 0.29) is 0 Å². The van der Waals surface area contributed by atoms with Gasteiger partial charge < -0.3 is 5.73 Å². The predicted octanol–water partition coefficient (Wildman–Crippen LogP) is 3.34. The highest BCUT2D eigenvalue weighted by molar-refractivity contribution is 9.10. The molecule has 5 heteroatoms. The van der Waals surface area contributed by atoms with Crippen LogP contribution in [0.5, 0.6) is 0 Å². The van der Waals surface area contributed by atoms with E-state index in [1.165, 1.54) is 12.8 Å². The van der Waals surface area contributed by atoms with Crippen LogP contribution >= 0.6 is 15.9 Å². The zero-order valence-corrected chi connectivity index (χ0v) is 12.5. The van der Waals surface area contributed by atoms with Crippen molar-refractivity contribution in [2.24, 2.45) is 11.8 Å². The van der Waals surface area contributed by atoms with Crippen LogP contribution in [0.2, 0.25) is 0 Å². The quantitative estimate of drug-likeness (QED) is 0.943. The number of nitrogen functional groups attached to an aromatic ring is 1. The smallest absolute Gasteiger partial charge is 0.122 e. The number of aromatic nitrogens is 3. The molecule has 100 valence electrons. The van der Waals surface area contributed by atoms with Crippen LogP contribution in [-0.4, -0.2) is 14.8 Å². The lowest BCUT2D eigenvalue weighted by Gasteiger charge is -2.32. The lowest BCUT2D eigenvalue weighted by atomic mass is 9.76. The third kappa shape index (κ3) is 2.66. The lowest BCUT2D eigenvalue weighted by molar-refractivity contribution is 0.183. The van der Waals surface area contributed by atoms with E-state index >= 15 is 0 Å². The largest absolute Gasteiger partial charge is 0.384 e. The van der Waals surface area contributed by atoms with Gasteiger partial charge in [0.15, 0.2) is 0 Å². The molecule has 1 saturated carbocycles. The van der Waals surface area contributed by atoms with E-state index in [0.29, 0.717) is 0 Å². The number of anilines is 1. The first-order valence-corrected chi connectivity index (χ1v) is 7.35. The van der Waals surface area contributed by atoms with E-state index in [1.54, 1.807) is 6.20 Å². The Bertz CT molecular complexity index is 587. The third-order valence-corrected chi connectivity index (χ3v) is 4.15. The summed E-state index contributed by atoms with van der Waals surface area (Å²) >= 11 is 3.42. The molecule has 19 heavy (non-hydrogen) atoms. The topological polar surface area (TPSA) is 56.7 Å². The molecular formula is C14H17BrN4. The van der Waals surface area contributed by atoms with Gasteiger partial charge >= 0.3 is 0 Å². The fourth-order valence-corrected chi connectivity index (χ4v) is 3.10. The number of hydrogen-bond donors (Lipinski definition) is 1. The third-order valence-electron chi connectivity index (χ3n) is 3.71. The molecule has 2 N–H and O–H groups in total. The van der Waals surface area contributed by atoms with Crippen molar-refractivity contribution in [3.8, 4) is 11.3 Å². The summed E-state index contributed by atoms with van der Waals surface area (Å²) in [6.45, 7) is 3.22.